The number of fused-ring (bicyclic) bond motifs is 4. The molecule has 12 atom stereocenters. The van der Waals surface area contributed by atoms with Crippen molar-refractivity contribution < 1.29 is 97.5 Å². The van der Waals surface area contributed by atoms with Crippen LogP contribution in [0.15, 0.2) is 164 Å². The van der Waals surface area contributed by atoms with Crippen molar-refractivity contribution in [3.63, 3.8) is 0 Å². The highest BCUT2D eigenvalue weighted by Crippen LogP contribution is 2.58. The number of rotatable bonds is 4. The Bertz CT molecular complexity index is 3430. The first kappa shape index (κ1) is 61.9. The van der Waals surface area contributed by atoms with Gasteiger partial charge in [-0.25, -0.2) is 19.2 Å². The molecule has 20 nitrogen and oxygen atoms in total. The highest BCUT2D eigenvalue weighted by Gasteiger charge is 2.68. The van der Waals surface area contributed by atoms with Crippen molar-refractivity contribution >= 4 is 59.6 Å². The number of aliphatic hydroxyl groups is 6. The van der Waals surface area contributed by atoms with E-state index in [1.165, 1.54) is 114 Å². The molecular formula is C66H68O20. The fourth-order valence-corrected chi connectivity index (χ4v) is 14.0. The third-order valence-corrected chi connectivity index (χ3v) is 19.5. The lowest BCUT2D eigenvalue weighted by molar-refractivity contribution is -0.162. The number of ether oxygens (including phenoxy) is 4. The maximum absolute atomic E-state index is 15.0. The SMILES string of the molecule is CC1=C\C=C\C2(C)C=C(CO)C(C)CC23OC(=O)/C(=C(O)\C=C\C2(C)C=C(C=O)C(C)CC24OC(=O)\C(=C(O)/C(C)=C/C=C/C2(C)C=C(CO)C(C)CC25OC(=O)C(=C(O)/C=C/C2(C)C=C(C=O)C(C)CC26OC(=O)/C(=C\1O)C6=O)C5=O)C4=O)C3=O. The molecule has 12 unspecified atom stereocenters. The van der Waals surface area contributed by atoms with E-state index in [-0.39, 0.29) is 48.0 Å². The standard InChI is InChI=1S/C66H68O20/c1-33-13-11-17-59(7)25-39(29-67)35(3)21-63(59)51(75)45(55(79)83-63)44(72)16-20-62(10)28-42(32-70)38(6)24-66(62)54(78)48(58(82)86-66)50(74)34(2)14-12-18-60(8)26-40(30-68)36(4)22-64(60)52(76)46(56(80)84-64)43(71)15-19-61(9)27-41(31-69)37(5)23-65(61)53(77)47(49(33)73)57(81)85-65/h11-20,25-28,31-32,35-38,67-68,71-74H,21-24,29-30H2,1-10H3/b17-11+,18-12+,19-15+,20-16+,33-13+,34-14+,45-44+,46-43?,49-47+,50-48+. The van der Waals surface area contributed by atoms with Gasteiger partial charge in [-0.3, -0.25) is 28.8 Å². The minimum Gasteiger partial charge on any atom is -0.507 e. The molecule has 8 bridgehead atoms. The van der Waals surface area contributed by atoms with Crippen molar-refractivity contribution in [1.82, 2.24) is 0 Å². The first-order valence-electron chi connectivity index (χ1n) is 28.2. The molecule has 9 rings (SSSR count). The average molecular weight is 1180 g/mol. The first-order valence-corrected chi connectivity index (χ1v) is 28.2. The van der Waals surface area contributed by atoms with Crippen molar-refractivity contribution in [3.05, 3.63) is 164 Å². The average Bonchev–Trinajstić information content (AvgIpc) is 1.52. The lowest BCUT2D eigenvalue weighted by Crippen LogP contribution is -2.53. The van der Waals surface area contributed by atoms with Crippen LogP contribution in [0.3, 0.4) is 0 Å². The topological polar surface area (TPSA) is 329 Å². The Morgan fingerprint density at radius 3 is 1.02 bits per heavy atom. The molecule has 0 saturated carbocycles. The number of allylic oxidation sites excluding steroid dienone is 10. The monoisotopic (exact) mass is 1180 g/mol. The van der Waals surface area contributed by atoms with Crippen molar-refractivity contribution in [2.24, 2.45) is 45.3 Å². The molecule has 452 valence electrons. The predicted octanol–water partition coefficient (Wildman–Crippen LogP) is 7.10. The Kier molecular flexibility index (Phi) is 15.2. The summed E-state index contributed by atoms with van der Waals surface area (Å²) in [6.45, 7) is 14.2. The number of aliphatic hydroxyl groups excluding tert-OH is 6. The zero-order valence-electron chi connectivity index (χ0n) is 49.2. The van der Waals surface area contributed by atoms with E-state index >= 15 is 0 Å². The highest BCUT2D eigenvalue weighted by molar-refractivity contribution is 6.29. The minimum absolute atomic E-state index is 0.0962. The molecule has 4 saturated heterocycles. The summed E-state index contributed by atoms with van der Waals surface area (Å²) in [6.07, 6.45) is 18.1. The lowest BCUT2D eigenvalue weighted by Gasteiger charge is -2.45. The van der Waals surface area contributed by atoms with Crippen LogP contribution in [-0.4, -0.2) is 126 Å². The quantitative estimate of drug-likeness (QED) is 0.0537. The summed E-state index contributed by atoms with van der Waals surface area (Å²) in [5.41, 5.74) is -17.8. The Hall–Kier alpha value is -8.62. The number of hydrogen-bond donors (Lipinski definition) is 6. The Balaban J connectivity index is 1.26. The van der Waals surface area contributed by atoms with Crippen LogP contribution in [0.1, 0.15) is 94.9 Å². The van der Waals surface area contributed by atoms with Crippen molar-refractivity contribution in [3.8, 4) is 0 Å². The number of ketones is 4. The number of esters is 4. The van der Waals surface area contributed by atoms with Gasteiger partial charge in [0.2, 0.25) is 23.1 Å². The van der Waals surface area contributed by atoms with Gasteiger partial charge in [0.25, 0.3) is 0 Å². The lowest BCUT2D eigenvalue weighted by atomic mass is 9.60. The van der Waals surface area contributed by atoms with Gasteiger partial charge in [-0.15, -0.1) is 0 Å². The smallest absolute Gasteiger partial charge is 0.346 e. The molecule has 4 heterocycles. The van der Waals surface area contributed by atoms with Crippen molar-refractivity contribution in [2.75, 3.05) is 13.2 Å². The molecule has 6 N–H and O–H groups in total. The third-order valence-electron chi connectivity index (χ3n) is 19.5. The Morgan fingerprint density at radius 2 is 0.721 bits per heavy atom. The predicted molar refractivity (Wildman–Crippen MR) is 304 cm³/mol. The summed E-state index contributed by atoms with van der Waals surface area (Å²) in [5, 5.41) is 68.4. The second-order valence-electron chi connectivity index (χ2n) is 25.1. The molecule has 20 heteroatoms. The molecule has 4 fully saturated rings. The van der Waals surface area contributed by atoms with Gasteiger partial charge in [-0.05, 0) is 111 Å². The van der Waals surface area contributed by atoms with Crippen LogP contribution in [0, 0.1) is 45.3 Å². The number of carbonyl (C=O) groups excluding carboxylic acids is 10. The summed E-state index contributed by atoms with van der Waals surface area (Å²) in [6, 6.07) is 0. The second-order valence-corrected chi connectivity index (χ2v) is 25.1. The summed E-state index contributed by atoms with van der Waals surface area (Å²) in [7, 11) is 0. The van der Waals surface area contributed by atoms with E-state index in [2.05, 4.69) is 0 Å². The van der Waals surface area contributed by atoms with Gasteiger partial charge in [0.1, 0.15) is 57.9 Å². The first-order chi connectivity index (χ1) is 40.2. The summed E-state index contributed by atoms with van der Waals surface area (Å²) in [4.78, 5) is 141. The molecular weight excluding hydrogens is 1110 g/mol. The van der Waals surface area contributed by atoms with Gasteiger partial charge in [-0.1, -0.05) is 101 Å². The molecule has 5 aliphatic carbocycles. The summed E-state index contributed by atoms with van der Waals surface area (Å²) in [5.74, 6) is -15.2. The molecule has 0 aromatic rings. The van der Waals surface area contributed by atoms with Crippen LogP contribution in [0.25, 0.3) is 0 Å². The Labute approximate surface area is 495 Å². The largest absolute Gasteiger partial charge is 0.507 e. The molecule has 9 aliphatic rings. The van der Waals surface area contributed by atoms with E-state index in [9.17, 15) is 78.6 Å². The maximum Gasteiger partial charge on any atom is 0.346 e. The van der Waals surface area contributed by atoms with E-state index < -0.39 is 173 Å². The van der Waals surface area contributed by atoms with Crippen molar-refractivity contribution in [2.45, 2.75) is 117 Å². The minimum atomic E-state index is -2.21. The van der Waals surface area contributed by atoms with Gasteiger partial charge in [-0.2, -0.15) is 0 Å². The normalized spacial score (nSPS) is 43.0. The van der Waals surface area contributed by atoms with Gasteiger partial charge in [0, 0.05) is 25.7 Å². The number of Topliss-reactive ketones (excluding diaryl/α,β-unsaturated/α-hetero) is 4. The van der Waals surface area contributed by atoms with Gasteiger partial charge < -0.3 is 49.6 Å². The summed E-state index contributed by atoms with van der Waals surface area (Å²) >= 11 is 0. The van der Waals surface area contributed by atoms with E-state index in [0.717, 1.165) is 12.2 Å². The van der Waals surface area contributed by atoms with E-state index in [4.69, 9.17) is 18.9 Å². The zero-order valence-corrected chi connectivity index (χ0v) is 49.2. The number of hydrogen-bond acceptors (Lipinski definition) is 20. The molecule has 0 amide bonds. The molecule has 0 aromatic heterocycles. The number of aldehydes is 2. The molecule has 4 aliphatic heterocycles. The highest BCUT2D eigenvalue weighted by atomic mass is 16.6. The van der Waals surface area contributed by atoms with Crippen LogP contribution in [0.2, 0.25) is 0 Å². The fraction of sp³-hybridized carbons (Fsp3) is 0.424. The zero-order chi connectivity index (χ0) is 63.4. The fourth-order valence-electron chi connectivity index (χ4n) is 14.0. The van der Waals surface area contributed by atoms with Crippen LogP contribution in [0.5, 0.6) is 0 Å². The van der Waals surface area contributed by atoms with E-state index in [0.29, 0.717) is 23.7 Å². The van der Waals surface area contributed by atoms with E-state index in [1.807, 2.05) is 0 Å². The van der Waals surface area contributed by atoms with Crippen molar-refractivity contribution in [1.29, 1.82) is 0 Å². The molecule has 4 spiro atoms. The number of carbonyl (C=O) groups is 10. The van der Waals surface area contributed by atoms with Crippen LogP contribution < -0.4 is 0 Å². The van der Waals surface area contributed by atoms with Crippen LogP contribution in [0.4, 0.5) is 0 Å². The van der Waals surface area contributed by atoms with Gasteiger partial charge >= 0.3 is 23.9 Å². The van der Waals surface area contributed by atoms with Gasteiger partial charge in [0.15, 0.2) is 22.4 Å². The third kappa shape index (κ3) is 8.83. The van der Waals surface area contributed by atoms with E-state index in [1.54, 1.807) is 27.7 Å². The maximum atomic E-state index is 15.0. The van der Waals surface area contributed by atoms with Crippen LogP contribution in [-0.2, 0) is 66.9 Å². The second kappa shape index (κ2) is 21.1. The molecule has 86 heavy (non-hydrogen) atoms. The van der Waals surface area contributed by atoms with Crippen LogP contribution >= 0.6 is 0 Å². The molecule has 0 aromatic carbocycles. The Morgan fingerprint density at radius 1 is 0.442 bits per heavy atom. The summed E-state index contributed by atoms with van der Waals surface area (Å²) < 4.78 is 24.0. The van der Waals surface area contributed by atoms with Gasteiger partial charge in [0.05, 0.1) is 34.9 Å². The molecule has 0 radical (unpaired) electrons.